The number of azide groups is 1. The lowest BCUT2D eigenvalue weighted by atomic mass is 9.90. The van der Waals surface area contributed by atoms with E-state index in [1.807, 2.05) is 27.7 Å². The molecule has 0 bridgehead atoms. The zero-order valence-corrected chi connectivity index (χ0v) is 17.9. The second-order valence-corrected chi connectivity index (χ2v) is 8.23. The summed E-state index contributed by atoms with van der Waals surface area (Å²) in [6, 6.07) is 0. The van der Waals surface area contributed by atoms with Crippen LogP contribution in [0.1, 0.15) is 48.6 Å². The van der Waals surface area contributed by atoms with Gasteiger partial charge in [0, 0.05) is 43.3 Å². The third-order valence-electron chi connectivity index (χ3n) is 5.26. The maximum atomic E-state index is 12.3. The third-order valence-corrected chi connectivity index (χ3v) is 5.26. The first-order valence-electron chi connectivity index (χ1n) is 9.66. The minimum atomic E-state index is -0.495. The number of rotatable bonds is 4. The fourth-order valence-electron chi connectivity index (χ4n) is 3.87. The number of carbonyl (C=O) groups is 1. The number of anilines is 1. The van der Waals surface area contributed by atoms with Crippen molar-refractivity contribution < 1.29 is 9.53 Å². The van der Waals surface area contributed by atoms with Crippen LogP contribution in [0.4, 0.5) is 10.5 Å². The topological polar surface area (TPSA) is 108 Å². The summed E-state index contributed by atoms with van der Waals surface area (Å²) in [5.41, 5.74) is 20.9. The molecular weight excluding hydrogens is 356 g/mol. The second-order valence-electron chi connectivity index (χ2n) is 8.23. The van der Waals surface area contributed by atoms with Gasteiger partial charge in [0.05, 0.1) is 6.54 Å². The molecule has 1 aromatic carbocycles. The minimum absolute atomic E-state index is 0.267. The van der Waals surface area contributed by atoms with E-state index in [1.54, 1.807) is 4.90 Å². The van der Waals surface area contributed by atoms with Gasteiger partial charge in [0.15, 0.2) is 0 Å². The van der Waals surface area contributed by atoms with Crippen LogP contribution in [-0.2, 0) is 17.8 Å². The van der Waals surface area contributed by atoms with Crippen LogP contribution < -0.4 is 10.6 Å². The highest BCUT2D eigenvalue weighted by molar-refractivity contribution is 5.70. The van der Waals surface area contributed by atoms with Crippen molar-refractivity contribution in [1.82, 2.24) is 4.90 Å². The summed E-state index contributed by atoms with van der Waals surface area (Å²) >= 11 is 0. The van der Waals surface area contributed by atoms with Gasteiger partial charge in [-0.25, -0.2) is 4.79 Å². The molecular formula is C20H32N6O2. The summed E-state index contributed by atoms with van der Waals surface area (Å²) in [5.74, 6) is 0. The molecule has 1 heterocycles. The van der Waals surface area contributed by atoms with E-state index in [1.165, 1.54) is 0 Å². The van der Waals surface area contributed by atoms with Gasteiger partial charge in [0.2, 0.25) is 0 Å². The van der Waals surface area contributed by atoms with Gasteiger partial charge >= 0.3 is 6.09 Å². The molecule has 1 aliphatic heterocycles. The van der Waals surface area contributed by atoms with Gasteiger partial charge in [-0.3, -0.25) is 0 Å². The summed E-state index contributed by atoms with van der Waals surface area (Å²) in [7, 11) is 0. The van der Waals surface area contributed by atoms with Gasteiger partial charge in [0.25, 0.3) is 0 Å². The summed E-state index contributed by atoms with van der Waals surface area (Å²) in [4.78, 5) is 19.3. The maximum absolute atomic E-state index is 12.3. The highest BCUT2D eigenvalue weighted by Gasteiger charge is 2.28. The predicted octanol–water partition coefficient (Wildman–Crippen LogP) is 3.94. The first-order valence-corrected chi connectivity index (χ1v) is 9.66. The molecule has 1 fully saturated rings. The number of benzene rings is 1. The van der Waals surface area contributed by atoms with E-state index in [-0.39, 0.29) is 6.09 Å². The molecule has 0 radical (unpaired) electrons. The molecule has 1 aliphatic rings. The van der Waals surface area contributed by atoms with Gasteiger partial charge in [-0.2, -0.15) is 0 Å². The lowest BCUT2D eigenvalue weighted by Gasteiger charge is -2.39. The molecule has 1 aromatic rings. The maximum Gasteiger partial charge on any atom is 0.410 e. The molecule has 0 saturated carbocycles. The van der Waals surface area contributed by atoms with Crippen LogP contribution in [0.5, 0.6) is 0 Å². The van der Waals surface area contributed by atoms with Crippen LogP contribution in [0.3, 0.4) is 0 Å². The zero-order chi connectivity index (χ0) is 21.1. The van der Waals surface area contributed by atoms with Crippen molar-refractivity contribution in [3.8, 4) is 0 Å². The Kier molecular flexibility index (Phi) is 6.80. The number of nitrogens with zero attached hydrogens (tertiary/aromatic N) is 5. The van der Waals surface area contributed by atoms with Gasteiger partial charge in [-0.05, 0) is 74.9 Å². The summed E-state index contributed by atoms with van der Waals surface area (Å²) in [6.07, 6.45) is -0.267. The monoisotopic (exact) mass is 388 g/mol. The fourth-order valence-corrected chi connectivity index (χ4v) is 3.87. The quantitative estimate of drug-likeness (QED) is 0.479. The SMILES string of the molecule is Cc1c(CN)c(C)c(N2CCN(C(=O)OC(C)(C)C)CC2)c(C)c1CN=[N+]=[N-]. The van der Waals surface area contributed by atoms with E-state index in [9.17, 15) is 4.79 Å². The van der Waals surface area contributed by atoms with Crippen molar-refractivity contribution in [2.24, 2.45) is 10.8 Å². The normalized spacial score (nSPS) is 14.7. The Morgan fingerprint density at radius 2 is 1.68 bits per heavy atom. The van der Waals surface area contributed by atoms with Crippen molar-refractivity contribution in [1.29, 1.82) is 0 Å². The van der Waals surface area contributed by atoms with Gasteiger partial charge in [0.1, 0.15) is 5.60 Å². The van der Waals surface area contributed by atoms with Crippen molar-refractivity contribution in [3.05, 3.63) is 38.3 Å². The van der Waals surface area contributed by atoms with E-state index >= 15 is 0 Å². The number of piperazine rings is 1. The molecule has 1 amide bonds. The van der Waals surface area contributed by atoms with Crippen LogP contribution in [-0.4, -0.2) is 42.8 Å². The molecule has 0 aliphatic carbocycles. The van der Waals surface area contributed by atoms with Crippen molar-refractivity contribution in [2.75, 3.05) is 31.1 Å². The van der Waals surface area contributed by atoms with E-state index < -0.39 is 5.60 Å². The number of hydrogen-bond acceptors (Lipinski definition) is 5. The summed E-state index contributed by atoms with van der Waals surface area (Å²) in [5, 5.41) is 3.78. The summed E-state index contributed by atoms with van der Waals surface area (Å²) < 4.78 is 5.49. The van der Waals surface area contributed by atoms with Crippen molar-refractivity contribution in [3.63, 3.8) is 0 Å². The molecule has 2 rings (SSSR count). The number of hydrogen-bond donors (Lipinski definition) is 1. The predicted molar refractivity (Wildman–Crippen MR) is 111 cm³/mol. The average molecular weight is 389 g/mol. The highest BCUT2D eigenvalue weighted by atomic mass is 16.6. The number of amides is 1. The Morgan fingerprint density at radius 1 is 1.11 bits per heavy atom. The largest absolute Gasteiger partial charge is 0.444 e. The Labute approximate surface area is 167 Å². The molecule has 8 nitrogen and oxygen atoms in total. The molecule has 0 unspecified atom stereocenters. The van der Waals surface area contributed by atoms with E-state index in [0.29, 0.717) is 26.2 Å². The molecule has 0 atom stereocenters. The first-order chi connectivity index (χ1) is 13.1. The number of nitrogens with two attached hydrogens (primary N) is 1. The number of carbonyl (C=O) groups excluding carboxylic acids is 1. The molecule has 1 saturated heterocycles. The summed E-state index contributed by atoms with van der Waals surface area (Å²) in [6.45, 7) is 15.2. The molecule has 2 N–H and O–H groups in total. The molecule has 0 aromatic heterocycles. The minimum Gasteiger partial charge on any atom is -0.444 e. The van der Waals surface area contributed by atoms with Crippen LogP contribution in [0.25, 0.3) is 10.4 Å². The standard InChI is InChI=1S/C20H32N6O2/c1-13-16(11-21)14(2)18(15(3)17(13)12-23-24-22)25-7-9-26(10-8-25)19(27)28-20(4,5)6/h7-12,21H2,1-6H3. The fraction of sp³-hybridized carbons (Fsp3) is 0.650. The van der Waals surface area contributed by atoms with E-state index in [0.717, 1.165) is 46.6 Å². The third kappa shape index (κ3) is 4.69. The van der Waals surface area contributed by atoms with Crippen LogP contribution in [0, 0.1) is 20.8 Å². The van der Waals surface area contributed by atoms with Crippen molar-refractivity contribution in [2.45, 2.75) is 60.2 Å². The Morgan fingerprint density at radius 3 is 2.18 bits per heavy atom. The highest BCUT2D eigenvalue weighted by Crippen LogP contribution is 2.35. The van der Waals surface area contributed by atoms with Crippen LogP contribution in [0.15, 0.2) is 5.11 Å². The Hall–Kier alpha value is -2.44. The lowest BCUT2D eigenvalue weighted by Crippen LogP contribution is -2.50. The van der Waals surface area contributed by atoms with E-state index in [4.69, 9.17) is 16.0 Å². The van der Waals surface area contributed by atoms with Crippen LogP contribution >= 0.6 is 0 Å². The van der Waals surface area contributed by atoms with Crippen LogP contribution in [0.2, 0.25) is 0 Å². The van der Waals surface area contributed by atoms with Gasteiger partial charge < -0.3 is 20.3 Å². The Balaban J connectivity index is 2.29. The van der Waals surface area contributed by atoms with Gasteiger partial charge in [-0.15, -0.1) is 0 Å². The second kappa shape index (κ2) is 8.71. The number of ether oxygens (including phenoxy) is 1. The smallest absolute Gasteiger partial charge is 0.410 e. The molecule has 28 heavy (non-hydrogen) atoms. The first kappa shape index (κ1) is 21.9. The average Bonchev–Trinajstić information content (AvgIpc) is 2.61. The zero-order valence-electron chi connectivity index (χ0n) is 17.9. The molecule has 8 heteroatoms. The Bertz CT molecular complexity index is 785. The molecule has 154 valence electrons. The lowest BCUT2D eigenvalue weighted by molar-refractivity contribution is 0.0240. The van der Waals surface area contributed by atoms with Crippen molar-refractivity contribution >= 4 is 11.8 Å². The molecule has 0 spiro atoms. The van der Waals surface area contributed by atoms with Gasteiger partial charge in [-0.1, -0.05) is 5.11 Å². The van der Waals surface area contributed by atoms with E-state index in [2.05, 4.69) is 28.8 Å².